The summed E-state index contributed by atoms with van der Waals surface area (Å²) in [5.41, 5.74) is 2.33. The first kappa shape index (κ1) is 13.2. The van der Waals surface area contributed by atoms with Crippen molar-refractivity contribution in [2.24, 2.45) is 0 Å². The van der Waals surface area contributed by atoms with Crippen LogP contribution in [0.15, 0.2) is 18.2 Å². The summed E-state index contributed by atoms with van der Waals surface area (Å²) in [7, 11) is 0. The van der Waals surface area contributed by atoms with Gasteiger partial charge in [0.15, 0.2) is 0 Å². The van der Waals surface area contributed by atoms with E-state index in [0.717, 1.165) is 5.56 Å². The fourth-order valence-electron chi connectivity index (χ4n) is 1.35. The zero-order chi connectivity index (χ0) is 12.8. The van der Waals surface area contributed by atoms with Crippen LogP contribution in [-0.2, 0) is 9.59 Å². The van der Waals surface area contributed by atoms with Crippen LogP contribution in [0.25, 0.3) is 0 Å². The number of amides is 2. The van der Waals surface area contributed by atoms with Gasteiger partial charge < -0.3 is 10.6 Å². The minimum atomic E-state index is -0.0687. The van der Waals surface area contributed by atoms with Crippen molar-refractivity contribution in [2.75, 3.05) is 10.6 Å². The van der Waals surface area contributed by atoms with Crippen molar-refractivity contribution in [1.29, 1.82) is 0 Å². The number of carbonyl (C=O) groups excluding carboxylic acids is 2. The third-order valence-electron chi connectivity index (χ3n) is 2.37. The van der Waals surface area contributed by atoms with Gasteiger partial charge in [-0.3, -0.25) is 9.59 Å². The van der Waals surface area contributed by atoms with E-state index in [-0.39, 0.29) is 11.8 Å². The van der Waals surface area contributed by atoms with Crippen molar-refractivity contribution in [3.63, 3.8) is 0 Å². The SMILES string of the molecule is CCC(=O)Nc1ccc(C)cc1NC(=O)CC. The van der Waals surface area contributed by atoms with Crippen LogP contribution in [0.4, 0.5) is 11.4 Å². The minimum absolute atomic E-state index is 0.0670. The van der Waals surface area contributed by atoms with Crippen molar-refractivity contribution in [2.45, 2.75) is 33.6 Å². The Morgan fingerprint density at radius 2 is 1.53 bits per heavy atom. The number of anilines is 2. The maximum absolute atomic E-state index is 11.4. The van der Waals surface area contributed by atoms with Crippen molar-refractivity contribution in [3.05, 3.63) is 23.8 Å². The van der Waals surface area contributed by atoms with Gasteiger partial charge in [-0.05, 0) is 24.6 Å². The molecule has 4 heteroatoms. The predicted molar refractivity (Wildman–Crippen MR) is 69.0 cm³/mol. The Hall–Kier alpha value is -1.84. The molecule has 1 aromatic rings. The van der Waals surface area contributed by atoms with Gasteiger partial charge in [-0.1, -0.05) is 19.9 Å². The molecule has 2 amide bonds. The molecule has 1 rings (SSSR count). The van der Waals surface area contributed by atoms with Crippen molar-refractivity contribution < 1.29 is 9.59 Å². The first-order valence-electron chi connectivity index (χ1n) is 5.77. The lowest BCUT2D eigenvalue weighted by Gasteiger charge is -2.12. The Labute approximate surface area is 101 Å². The molecule has 0 saturated carbocycles. The third-order valence-corrected chi connectivity index (χ3v) is 2.37. The molecule has 0 aliphatic heterocycles. The van der Waals surface area contributed by atoms with E-state index in [1.165, 1.54) is 0 Å². The monoisotopic (exact) mass is 234 g/mol. The molecule has 0 fully saturated rings. The maximum Gasteiger partial charge on any atom is 0.224 e. The molecule has 0 atom stereocenters. The number of rotatable bonds is 4. The van der Waals surface area contributed by atoms with Gasteiger partial charge in [-0.25, -0.2) is 0 Å². The van der Waals surface area contributed by atoms with Gasteiger partial charge in [0.1, 0.15) is 0 Å². The summed E-state index contributed by atoms with van der Waals surface area (Å²) >= 11 is 0. The van der Waals surface area contributed by atoms with E-state index < -0.39 is 0 Å². The molecule has 17 heavy (non-hydrogen) atoms. The largest absolute Gasteiger partial charge is 0.324 e. The molecule has 1 aromatic carbocycles. The Morgan fingerprint density at radius 3 is 2.06 bits per heavy atom. The fourth-order valence-corrected chi connectivity index (χ4v) is 1.35. The molecular weight excluding hydrogens is 216 g/mol. The van der Waals surface area contributed by atoms with Crippen LogP contribution in [0.2, 0.25) is 0 Å². The molecule has 0 bridgehead atoms. The number of nitrogens with one attached hydrogen (secondary N) is 2. The van der Waals surface area contributed by atoms with Gasteiger partial charge in [0.05, 0.1) is 11.4 Å². The van der Waals surface area contributed by atoms with Crippen molar-refractivity contribution in [3.8, 4) is 0 Å². The topological polar surface area (TPSA) is 58.2 Å². The average Bonchev–Trinajstić information content (AvgIpc) is 2.32. The van der Waals surface area contributed by atoms with Crippen LogP contribution < -0.4 is 10.6 Å². The minimum Gasteiger partial charge on any atom is -0.324 e. The molecule has 0 radical (unpaired) electrons. The van der Waals surface area contributed by atoms with Crippen LogP contribution in [-0.4, -0.2) is 11.8 Å². The summed E-state index contributed by atoms with van der Waals surface area (Å²) in [5, 5.41) is 5.54. The zero-order valence-corrected chi connectivity index (χ0v) is 10.5. The number of carbonyl (C=O) groups is 2. The van der Waals surface area contributed by atoms with Crippen LogP contribution in [0, 0.1) is 6.92 Å². The summed E-state index contributed by atoms with van der Waals surface area (Å²) < 4.78 is 0. The van der Waals surface area contributed by atoms with Gasteiger partial charge in [-0.15, -0.1) is 0 Å². The molecule has 0 heterocycles. The summed E-state index contributed by atoms with van der Waals surface area (Å²) in [6.07, 6.45) is 0.824. The number of aryl methyl sites for hydroxylation is 1. The Morgan fingerprint density at radius 1 is 1.00 bits per heavy atom. The van der Waals surface area contributed by atoms with Crippen molar-refractivity contribution in [1.82, 2.24) is 0 Å². The summed E-state index contributed by atoms with van der Waals surface area (Å²) in [5.74, 6) is -0.136. The van der Waals surface area contributed by atoms with E-state index in [1.807, 2.05) is 19.1 Å². The summed E-state index contributed by atoms with van der Waals surface area (Å²) in [4.78, 5) is 22.7. The molecule has 0 spiro atoms. The maximum atomic E-state index is 11.4. The fraction of sp³-hybridized carbons (Fsp3) is 0.385. The highest BCUT2D eigenvalue weighted by Gasteiger charge is 2.07. The number of hydrogen-bond donors (Lipinski definition) is 2. The van der Waals surface area contributed by atoms with E-state index in [4.69, 9.17) is 0 Å². The molecule has 0 aliphatic rings. The molecule has 0 aromatic heterocycles. The smallest absolute Gasteiger partial charge is 0.224 e. The molecule has 2 N–H and O–H groups in total. The lowest BCUT2D eigenvalue weighted by atomic mass is 10.2. The van der Waals surface area contributed by atoms with Crippen LogP contribution in [0.5, 0.6) is 0 Å². The first-order valence-corrected chi connectivity index (χ1v) is 5.77. The Bertz CT molecular complexity index is 427. The van der Waals surface area contributed by atoms with Gasteiger partial charge in [-0.2, -0.15) is 0 Å². The summed E-state index contributed by atoms with van der Waals surface area (Å²) in [6.45, 7) is 5.51. The Kier molecular flexibility index (Phi) is 4.69. The first-order chi connectivity index (χ1) is 8.06. The standard InChI is InChI=1S/C13H18N2O2/c1-4-12(16)14-10-7-6-9(3)8-11(10)15-13(17)5-2/h6-8H,4-5H2,1-3H3,(H,14,16)(H,15,17). The van der Waals surface area contributed by atoms with E-state index in [0.29, 0.717) is 24.2 Å². The second-order valence-corrected chi connectivity index (χ2v) is 3.85. The molecule has 0 saturated heterocycles. The highest BCUT2D eigenvalue weighted by molar-refractivity contribution is 5.99. The second kappa shape index (κ2) is 6.03. The Balaban J connectivity index is 2.95. The average molecular weight is 234 g/mol. The second-order valence-electron chi connectivity index (χ2n) is 3.85. The molecule has 0 aliphatic carbocycles. The van der Waals surface area contributed by atoms with E-state index in [1.54, 1.807) is 19.9 Å². The van der Waals surface area contributed by atoms with Gasteiger partial charge in [0.2, 0.25) is 11.8 Å². The lowest BCUT2D eigenvalue weighted by molar-refractivity contribution is -0.116. The van der Waals surface area contributed by atoms with Crippen LogP contribution in [0.3, 0.4) is 0 Å². The van der Waals surface area contributed by atoms with Gasteiger partial charge >= 0.3 is 0 Å². The van der Waals surface area contributed by atoms with Crippen LogP contribution >= 0.6 is 0 Å². The van der Waals surface area contributed by atoms with E-state index in [9.17, 15) is 9.59 Å². The summed E-state index contributed by atoms with van der Waals surface area (Å²) in [6, 6.07) is 5.54. The number of hydrogen-bond acceptors (Lipinski definition) is 2. The molecular formula is C13H18N2O2. The van der Waals surface area contributed by atoms with Gasteiger partial charge in [0, 0.05) is 12.8 Å². The highest BCUT2D eigenvalue weighted by atomic mass is 16.2. The highest BCUT2D eigenvalue weighted by Crippen LogP contribution is 2.23. The number of benzene rings is 1. The lowest BCUT2D eigenvalue weighted by Crippen LogP contribution is -2.15. The quantitative estimate of drug-likeness (QED) is 0.841. The molecule has 4 nitrogen and oxygen atoms in total. The molecule has 92 valence electrons. The predicted octanol–water partition coefficient (Wildman–Crippen LogP) is 2.69. The molecule has 0 unspecified atom stereocenters. The zero-order valence-electron chi connectivity index (χ0n) is 10.5. The van der Waals surface area contributed by atoms with Crippen molar-refractivity contribution >= 4 is 23.2 Å². The van der Waals surface area contributed by atoms with Gasteiger partial charge in [0.25, 0.3) is 0 Å². The van der Waals surface area contributed by atoms with E-state index in [2.05, 4.69) is 10.6 Å². The van der Waals surface area contributed by atoms with E-state index >= 15 is 0 Å². The normalized spacial score (nSPS) is 9.82. The van der Waals surface area contributed by atoms with Crippen LogP contribution in [0.1, 0.15) is 32.3 Å². The third kappa shape index (κ3) is 3.90.